The van der Waals surface area contributed by atoms with E-state index in [2.05, 4.69) is 50.4 Å². The first kappa shape index (κ1) is 12.1. The van der Waals surface area contributed by atoms with Gasteiger partial charge in [-0.1, -0.05) is 45.0 Å². The summed E-state index contributed by atoms with van der Waals surface area (Å²) < 4.78 is 0. The second kappa shape index (κ2) is 4.15. The van der Waals surface area contributed by atoms with Crippen molar-refractivity contribution in [3.05, 3.63) is 35.4 Å². The van der Waals surface area contributed by atoms with Crippen molar-refractivity contribution in [2.45, 2.75) is 44.7 Å². The minimum atomic E-state index is -0.108. The van der Waals surface area contributed by atoms with Crippen molar-refractivity contribution in [3.63, 3.8) is 0 Å². The number of nitrogens with two attached hydrogens (primary N) is 1. The highest BCUT2D eigenvalue weighted by molar-refractivity contribution is 5.80. The third-order valence-corrected chi connectivity index (χ3v) is 3.30. The maximum Gasteiger partial charge on any atom is 0.222 e. The Hall–Kier alpha value is -1.35. The van der Waals surface area contributed by atoms with Gasteiger partial charge in [0.15, 0.2) is 0 Å². The van der Waals surface area contributed by atoms with Crippen molar-refractivity contribution in [3.8, 4) is 0 Å². The molecule has 0 radical (unpaired) electrons. The molecule has 1 amide bonds. The number of carbonyl (C=O) groups excluding carboxylic acids is 1. The molecular weight excluding hydrogens is 212 g/mol. The van der Waals surface area contributed by atoms with E-state index in [1.54, 1.807) is 0 Å². The average molecular weight is 232 g/mol. The molecule has 1 fully saturated rings. The standard InChI is InChI=1S/C14H20N2O/c1-14(2,3)10-6-4-9(5-7-10)13-11(15)8-12(17)16-13/h4-7,11,13H,8,15H2,1-3H3,(H,16,17). The van der Waals surface area contributed by atoms with Crippen LogP contribution in [0.15, 0.2) is 24.3 Å². The molecule has 2 rings (SSSR count). The Balaban J connectivity index is 2.21. The fourth-order valence-electron chi connectivity index (χ4n) is 2.19. The molecule has 3 nitrogen and oxygen atoms in total. The van der Waals surface area contributed by atoms with Crippen LogP contribution in [-0.4, -0.2) is 11.9 Å². The molecule has 1 aromatic rings. The normalized spacial score (nSPS) is 24.8. The number of nitrogens with one attached hydrogen (secondary N) is 1. The van der Waals surface area contributed by atoms with Crippen molar-refractivity contribution in [1.82, 2.24) is 5.32 Å². The number of carbonyl (C=O) groups is 1. The van der Waals surface area contributed by atoms with Crippen LogP contribution >= 0.6 is 0 Å². The Morgan fingerprint density at radius 2 is 1.82 bits per heavy atom. The van der Waals surface area contributed by atoms with Gasteiger partial charge in [-0.05, 0) is 16.5 Å². The summed E-state index contributed by atoms with van der Waals surface area (Å²) in [4.78, 5) is 11.3. The summed E-state index contributed by atoms with van der Waals surface area (Å²) in [5, 5.41) is 2.91. The minimum Gasteiger partial charge on any atom is -0.348 e. The molecule has 0 aliphatic carbocycles. The SMILES string of the molecule is CC(C)(C)c1ccc(C2NC(=O)CC2N)cc1. The summed E-state index contributed by atoms with van der Waals surface area (Å²) in [7, 11) is 0. The zero-order chi connectivity index (χ0) is 12.6. The Bertz CT molecular complexity index is 417. The van der Waals surface area contributed by atoms with E-state index < -0.39 is 0 Å². The largest absolute Gasteiger partial charge is 0.348 e. The van der Waals surface area contributed by atoms with Crippen molar-refractivity contribution in [2.75, 3.05) is 0 Å². The summed E-state index contributed by atoms with van der Waals surface area (Å²) in [6, 6.07) is 8.23. The van der Waals surface area contributed by atoms with Gasteiger partial charge in [0.25, 0.3) is 0 Å². The molecule has 2 unspecified atom stereocenters. The van der Waals surface area contributed by atoms with E-state index in [1.165, 1.54) is 5.56 Å². The molecule has 1 aromatic carbocycles. The predicted molar refractivity (Wildman–Crippen MR) is 68.6 cm³/mol. The number of rotatable bonds is 1. The molecular formula is C14H20N2O. The van der Waals surface area contributed by atoms with Crippen molar-refractivity contribution in [1.29, 1.82) is 0 Å². The third-order valence-electron chi connectivity index (χ3n) is 3.30. The van der Waals surface area contributed by atoms with Crippen LogP contribution in [0.4, 0.5) is 0 Å². The molecule has 0 bridgehead atoms. The van der Waals surface area contributed by atoms with Crippen LogP contribution < -0.4 is 11.1 Å². The van der Waals surface area contributed by atoms with Crippen LogP contribution in [0.5, 0.6) is 0 Å². The smallest absolute Gasteiger partial charge is 0.222 e. The van der Waals surface area contributed by atoms with Gasteiger partial charge in [0.05, 0.1) is 6.04 Å². The molecule has 1 aliphatic rings. The van der Waals surface area contributed by atoms with Crippen LogP contribution in [0.3, 0.4) is 0 Å². The lowest BCUT2D eigenvalue weighted by molar-refractivity contribution is -0.119. The highest BCUT2D eigenvalue weighted by atomic mass is 16.2. The molecule has 2 atom stereocenters. The summed E-state index contributed by atoms with van der Waals surface area (Å²) >= 11 is 0. The van der Waals surface area contributed by atoms with Gasteiger partial charge in [-0.2, -0.15) is 0 Å². The Morgan fingerprint density at radius 3 is 2.24 bits per heavy atom. The zero-order valence-corrected chi connectivity index (χ0v) is 10.7. The maximum absolute atomic E-state index is 11.3. The van der Waals surface area contributed by atoms with E-state index in [4.69, 9.17) is 5.73 Å². The Morgan fingerprint density at radius 1 is 1.24 bits per heavy atom. The first-order valence-electron chi connectivity index (χ1n) is 6.03. The lowest BCUT2D eigenvalue weighted by Crippen LogP contribution is -2.28. The van der Waals surface area contributed by atoms with E-state index >= 15 is 0 Å². The van der Waals surface area contributed by atoms with Crippen LogP contribution in [-0.2, 0) is 10.2 Å². The van der Waals surface area contributed by atoms with Gasteiger partial charge >= 0.3 is 0 Å². The summed E-state index contributed by atoms with van der Waals surface area (Å²) in [6.45, 7) is 6.56. The number of amides is 1. The molecule has 1 saturated heterocycles. The quantitative estimate of drug-likeness (QED) is 0.776. The van der Waals surface area contributed by atoms with Crippen molar-refractivity contribution >= 4 is 5.91 Å². The number of hydrogen-bond donors (Lipinski definition) is 2. The molecule has 1 heterocycles. The first-order valence-corrected chi connectivity index (χ1v) is 6.03. The second-order valence-electron chi connectivity index (χ2n) is 5.79. The van der Waals surface area contributed by atoms with Crippen molar-refractivity contribution < 1.29 is 4.79 Å². The summed E-state index contributed by atoms with van der Waals surface area (Å²) in [6.07, 6.45) is 0.422. The predicted octanol–water partition coefficient (Wildman–Crippen LogP) is 1.87. The average Bonchev–Trinajstić information content (AvgIpc) is 2.57. The van der Waals surface area contributed by atoms with E-state index in [9.17, 15) is 4.79 Å². The summed E-state index contributed by atoms with van der Waals surface area (Å²) in [5.74, 6) is 0.0439. The van der Waals surface area contributed by atoms with Gasteiger partial charge in [-0.3, -0.25) is 4.79 Å². The van der Waals surface area contributed by atoms with Crippen molar-refractivity contribution in [2.24, 2.45) is 5.73 Å². The van der Waals surface area contributed by atoms with E-state index in [0.29, 0.717) is 6.42 Å². The molecule has 1 aliphatic heterocycles. The molecule has 3 N–H and O–H groups in total. The number of benzene rings is 1. The van der Waals surface area contributed by atoms with Crippen LogP contribution in [0, 0.1) is 0 Å². The fourth-order valence-corrected chi connectivity index (χ4v) is 2.19. The van der Waals surface area contributed by atoms with Crippen LogP contribution in [0.2, 0.25) is 0 Å². The van der Waals surface area contributed by atoms with Gasteiger partial charge in [0.2, 0.25) is 5.91 Å². The number of hydrogen-bond acceptors (Lipinski definition) is 2. The molecule has 17 heavy (non-hydrogen) atoms. The van der Waals surface area contributed by atoms with Gasteiger partial charge in [0, 0.05) is 12.5 Å². The highest BCUT2D eigenvalue weighted by Crippen LogP contribution is 2.27. The third kappa shape index (κ3) is 2.50. The van der Waals surface area contributed by atoms with Gasteiger partial charge in [-0.25, -0.2) is 0 Å². The lowest BCUT2D eigenvalue weighted by atomic mass is 9.86. The highest BCUT2D eigenvalue weighted by Gasteiger charge is 2.30. The monoisotopic (exact) mass is 232 g/mol. The fraction of sp³-hybridized carbons (Fsp3) is 0.500. The Kier molecular flexibility index (Phi) is 2.96. The summed E-state index contributed by atoms with van der Waals surface area (Å²) in [5.41, 5.74) is 8.48. The first-order chi connectivity index (χ1) is 7.88. The van der Waals surface area contributed by atoms with E-state index in [-0.39, 0.29) is 23.4 Å². The molecule has 3 heteroatoms. The topological polar surface area (TPSA) is 55.1 Å². The molecule has 0 aromatic heterocycles. The molecule has 0 saturated carbocycles. The maximum atomic E-state index is 11.3. The van der Waals surface area contributed by atoms with E-state index in [0.717, 1.165) is 5.56 Å². The van der Waals surface area contributed by atoms with Gasteiger partial charge in [-0.15, -0.1) is 0 Å². The second-order valence-corrected chi connectivity index (χ2v) is 5.79. The van der Waals surface area contributed by atoms with Crippen LogP contribution in [0.1, 0.15) is 44.4 Å². The Labute approximate surface area is 102 Å². The molecule has 0 spiro atoms. The zero-order valence-electron chi connectivity index (χ0n) is 10.7. The van der Waals surface area contributed by atoms with Gasteiger partial charge in [0.1, 0.15) is 0 Å². The van der Waals surface area contributed by atoms with Crippen LogP contribution in [0.25, 0.3) is 0 Å². The lowest BCUT2D eigenvalue weighted by Gasteiger charge is -2.21. The molecule has 92 valence electrons. The van der Waals surface area contributed by atoms with E-state index in [1.807, 2.05) is 0 Å². The minimum absolute atomic E-state index is 0.0310. The van der Waals surface area contributed by atoms with Gasteiger partial charge < -0.3 is 11.1 Å².